The van der Waals surface area contributed by atoms with Gasteiger partial charge in [0.05, 0.1) is 11.6 Å². The molecule has 5 heteroatoms. The summed E-state index contributed by atoms with van der Waals surface area (Å²) in [5, 5.41) is 21.0. The number of anilines is 1. The normalized spacial score (nSPS) is 18.9. The van der Waals surface area contributed by atoms with E-state index in [1.165, 1.54) is 0 Å². The number of carbonyl (C=O) groups is 1. The first kappa shape index (κ1) is 13.4. The predicted molar refractivity (Wildman–Crippen MR) is 72.0 cm³/mol. The smallest absolute Gasteiger partial charge is 0.303 e. The molecule has 0 radical (unpaired) electrons. The van der Waals surface area contributed by atoms with Crippen LogP contribution >= 0.6 is 0 Å². The van der Waals surface area contributed by atoms with Crippen LogP contribution in [0.5, 0.6) is 0 Å². The van der Waals surface area contributed by atoms with Crippen LogP contribution in [0.2, 0.25) is 0 Å². The van der Waals surface area contributed by atoms with Gasteiger partial charge in [0, 0.05) is 37.8 Å². The molecule has 1 aliphatic rings. The third-order valence-corrected chi connectivity index (χ3v) is 3.30. The fraction of sp³-hybridized carbons (Fsp3) is 0.429. The minimum atomic E-state index is -0.759. The van der Waals surface area contributed by atoms with Crippen molar-refractivity contribution in [3.05, 3.63) is 29.8 Å². The van der Waals surface area contributed by atoms with Gasteiger partial charge in [-0.15, -0.1) is 0 Å². The van der Waals surface area contributed by atoms with Crippen LogP contribution in [0.15, 0.2) is 24.3 Å². The maximum absolute atomic E-state index is 10.6. The monoisotopic (exact) mass is 259 g/mol. The number of rotatable bonds is 4. The van der Waals surface area contributed by atoms with Gasteiger partial charge in [-0.05, 0) is 24.6 Å². The van der Waals surface area contributed by atoms with E-state index in [9.17, 15) is 4.79 Å². The maximum atomic E-state index is 10.6. The summed E-state index contributed by atoms with van der Waals surface area (Å²) in [5.41, 5.74) is 1.68. The number of nitrogens with one attached hydrogen (secondary N) is 1. The van der Waals surface area contributed by atoms with E-state index in [1.54, 1.807) is 6.07 Å². The van der Waals surface area contributed by atoms with Crippen LogP contribution in [0.3, 0.4) is 0 Å². The van der Waals surface area contributed by atoms with E-state index in [-0.39, 0.29) is 12.5 Å². The van der Waals surface area contributed by atoms with Crippen LogP contribution in [0.25, 0.3) is 0 Å². The molecule has 0 aromatic heterocycles. The summed E-state index contributed by atoms with van der Waals surface area (Å²) in [6.07, 6.45) is 0.813. The lowest BCUT2D eigenvalue weighted by Crippen LogP contribution is -2.50. The lowest BCUT2D eigenvalue weighted by molar-refractivity contribution is -0.137. The summed E-state index contributed by atoms with van der Waals surface area (Å²) in [5.74, 6) is -0.759. The van der Waals surface area contributed by atoms with Gasteiger partial charge in [-0.3, -0.25) is 4.79 Å². The lowest BCUT2D eigenvalue weighted by Gasteiger charge is -2.35. The van der Waals surface area contributed by atoms with Gasteiger partial charge >= 0.3 is 5.97 Å². The van der Waals surface area contributed by atoms with E-state index in [0.29, 0.717) is 12.0 Å². The second-order valence-electron chi connectivity index (χ2n) is 4.69. The summed E-state index contributed by atoms with van der Waals surface area (Å²) >= 11 is 0. The van der Waals surface area contributed by atoms with Gasteiger partial charge in [-0.2, -0.15) is 5.26 Å². The molecular weight excluding hydrogens is 242 g/mol. The highest BCUT2D eigenvalue weighted by atomic mass is 16.4. The second kappa shape index (κ2) is 6.21. The minimum Gasteiger partial charge on any atom is -0.481 e. The molecule has 0 aliphatic carbocycles. The molecule has 1 aromatic carbocycles. The van der Waals surface area contributed by atoms with E-state index in [1.807, 2.05) is 18.2 Å². The van der Waals surface area contributed by atoms with E-state index < -0.39 is 5.97 Å². The molecule has 1 unspecified atom stereocenters. The summed E-state index contributed by atoms with van der Waals surface area (Å²) in [6, 6.07) is 9.85. The van der Waals surface area contributed by atoms with E-state index in [2.05, 4.69) is 16.3 Å². The molecule has 1 fully saturated rings. The third kappa shape index (κ3) is 3.70. The molecule has 0 spiro atoms. The first-order valence-electron chi connectivity index (χ1n) is 6.39. The SMILES string of the molecule is N#Cc1cccc(N2CCNC(CCC(=O)O)C2)c1. The number of carboxylic acid groups (broad SMARTS) is 1. The van der Waals surface area contributed by atoms with Crippen molar-refractivity contribution in [2.24, 2.45) is 0 Å². The molecule has 1 saturated heterocycles. The molecule has 1 atom stereocenters. The Hall–Kier alpha value is -2.06. The highest BCUT2D eigenvalue weighted by Gasteiger charge is 2.20. The predicted octanol–water partition coefficient (Wildman–Crippen LogP) is 1.20. The molecule has 0 saturated carbocycles. The first-order chi connectivity index (χ1) is 9.19. The van der Waals surface area contributed by atoms with Crippen LogP contribution in [0, 0.1) is 11.3 Å². The molecule has 1 aliphatic heterocycles. The Kier molecular flexibility index (Phi) is 4.37. The Bertz CT molecular complexity index is 496. The zero-order valence-electron chi connectivity index (χ0n) is 10.7. The maximum Gasteiger partial charge on any atom is 0.303 e. The Balaban J connectivity index is 2.00. The number of benzene rings is 1. The highest BCUT2D eigenvalue weighted by molar-refractivity contribution is 5.66. The molecule has 0 amide bonds. The molecule has 5 nitrogen and oxygen atoms in total. The molecule has 1 heterocycles. The summed E-state index contributed by atoms with van der Waals surface area (Å²) < 4.78 is 0. The van der Waals surface area contributed by atoms with Crippen LogP contribution in [0.1, 0.15) is 18.4 Å². The van der Waals surface area contributed by atoms with Crippen molar-refractivity contribution < 1.29 is 9.90 Å². The minimum absolute atomic E-state index is 0.184. The Labute approximate surface area is 112 Å². The van der Waals surface area contributed by atoms with Crippen LogP contribution in [-0.4, -0.2) is 36.8 Å². The summed E-state index contributed by atoms with van der Waals surface area (Å²) in [7, 11) is 0. The van der Waals surface area contributed by atoms with Crippen molar-refractivity contribution in [3.8, 4) is 6.07 Å². The highest BCUT2D eigenvalue weighted by Crippen LogP contribution is 2.18. The molecule has 100 valence electrons. The van der Waals surface area contributed by atoms with Gasteiger partial charge in [0.15, 0.2) is 0 Å². The third-order valence-electron chi connectivity index (χ3n) is 3.30. The zero-order valence-corrected chi connectivity index (χ0v) is 10.7. The molecule has 19 heavy (non-hydrogen) atoms. The van der Waals surface area contributed by atoms with Gasteiger partial charge in [0.2, 0.25) is 0 Å². The molecule has 1 aromatic rings. The van der Waals surface area contributed by atoms with Gasteiger partial charge in [-0.1, -0.05) is 6.07 Å². The molecule has 2 rings (SSSR count). The van der Waals surface area contributed by atoms with E-state index >= 15 is 0 Å². The first-order valence-corrected chi connectivity index (χ1v) is 6.39. The summed E-state index contributed by atoms with van der Waals surface area (Å²) in [4.78, 5) is 12.8. The average Bonchev–Trinajstić information content (AvgIpc) is 2.45. The largest absolute Gasteiger partial charge is 0.481 e. The van der Waals surface area contributed by atoms with Crippen molar-refractivity contribution in [3.63, 3.8) is 0 Å². The van der Waals surface area contributed by atoms with Crippen molar-refractivity contribution >= 4 is 11.7 Å². The van der Waals surface area contributed by atoms with Crippen LogP contribution in [-0.2, 0) is 4.79 Å². The average molecular weight is 259 g/mol. The zero-order chi connectivity index (χ0) is 13.7. The lowest BCUT2D eigenvalue weighted by atomic mass is 10.1. The number of nitrogens with zero attached hydrogens (tertiary/aromatic N) is 2. The summed E-state index contributed by atoms with van der Waals surface area (Å²) in [6.45, 7) is 2.49. The second-order valence-corrected chi connectivity index (χ2v) is 4.69. The number of hydrogen-bond acceptors (Lipinski definition) is 4. The van der Waals surface area contributed by atoms with Crippen molar-refractivity contribution in [1.29, 1.82) is 5.26 Å². The Morgan fingerprint density at radius 3 is 3.16 bits per heavy atom. The number of piperazine rings is 1. The number of nitriles is 1. The Morgan fingerprint density at radius 1 is 1.58 bits per heavy atom. The van der Waals surface area contributed by atoms with Crippen molar-refractivity contribution in [1.82, 2.24) is 5.32 Å². The standard InChI is InChI=1S/C14H17N3O2/c15-9-11-2-1-3-13(8-11)17-7-6-16-12(10-17)4-5-14(18)19/h1-3,8,12,16H,4-7,10H2,(H,18,19). The van der Waals surface area contributed by atoms with Crippen molar-refractivity contribution in [2.75, 3.05) is 24.5 Å². The van der Waals surface area contributed by atoms with Gasteiger partial charge in [0.25, 0.3) is 0 Å². The number of hydrogen-bond donors (Lipinski definition) is 2. The number of carboxylic acids is 1. The van der Waals surface area contributed by atoms with E-state index in [4.69, 9.17) is 10.4 Å². The molecule has 0 bridgehead atoms. The fourth-order valence-electron chi connectivity index (χ4n) is 2.32. The van der Waals surface area contributed by atoms with Gasteiger partial charge < -0.3 is 15.3 Å². The van der Waals surface area contributed by atoms with Gasteiger partial charge in [-0.25, -0.2) is 0 Å². The molecular formula is C14H17N3O2. The number of aliphatic carboxylic acids is 1. The van der Waals surface area contributed by atoms with Gasteiger partial charge in [0.1, 0.15) is 0 Å². The molecule has 2 N–H and O–H groups in total. The van der Waals surface area contributed by atoms with Crippen LogP contribution in [0.4, 0.5) is 5.69 Å². The topological polar surface area (TPSA) is 76.4 Å². The Morgan fingerprint density at radius 2 is 2.42 bits per heavy atom. The van der Waals surface area contributed by atoms with Crippen molar-refractivity contribution in [2.45, 2.75) is 18.9 Å². The quantitative estimate of drug-likeness (QED) is 0.849. The van der Waals surface area contributed by atoms with E-state index in [0.717, 1.165) is 25.3 Å². The fourth-order valence-corrected chi connectivity index (χ4v) is 2.32. The van der Waals surface area contributed by atoms with Crippen LogP contribution < -0.4 is 10.2 Å².